The predicted molar refractivity (Wildman–Crippen MR) is 102 cm³/mol. The van der Waals surface area contributed by atoms with Crippen LogP contribution < -0.4 is 0 Å². The van der Waals surface area contributed by atoms with Crippen LogP contribution in [0.25, 0.3) is 0 Å². The summed E-state index contributed by atoms with van der Waals surface area (Å²) in [6, 6.07) is 0. The topological polar surface area (TPSA) is 60.4 Å². The van der Waals surface area contributed by atoms with Gasteiger partial charge in [0.15, 0.2) is 17.2 Å². The Bertz CT molecular complexity index is 762. The summed E-state index contributed by atoms with van der Waals surface area (Å²) in [4.78, 5) is 36.5. The molecule has 0 aromatic heterocycles. The molecule has 4 nitrogen and oxygen atoms in total. The second kappa shape index (κ2) is 6.15. The molecular weight excluding hydrogens is 340 g/mol. The fourth-order valence-electron chi connectivity index (χ4n) is 7.43. The number of hydrogen-bond donors (Lipinski definition) is 0. The van der Waals surface area contributed by atoms with Gasteiger partial charge in [-0.25, -0.2) is 0 Å². The van der Waals surface area contributed by atoms with Gasteiger partial charge in [0, 0.05) is 18.3 Å². The van der Waals surface area contributed by atoms with Gasteiger partial charge in [-0.05, 0) is 74.9 Å². The summed E-state index contributed by atoms with van der Waals surface area (Å²) in [7, 11) is 0. The molecule has 27 heavy (non-hydrogen) atoms. The fraction of sp³-hybridized carbons (Fsp3) is 0.696. The van der Waals surface area contributed by atoms with E-state index in [1.165, 1.54) is 12.5 Å². The van der Waals surface area contributed by atoms with Gasteiger partial charge in [-0.2, -0.15) is 0 Å². The molecule has 0 bridgehead atoms. The fourth-order valence-corrected chi connectivity index (χ4v) is 7.43. The third-order valence-corrected chi connectivity index (χ3v) is 8.25. The molecule has 3 fully saturated rings. The number of esters is 1. The molecule has 0 aromatic rings. The first-order chi connectivity index (χ1) is 12.7. The number of ether oxygens (including phenoxy) is 1. The van der Waals surface area contributed by atoms with Crippen molar-refractivity contribution < 1.29 is 19.1 Å². The van der Waals surface area contributed by atoms with E-state index in [0.29, 0.717) is 36.0 Å². The van der Waals surface area contributed by atoms with Crippen LogP contribution in [0.1, 0.15) is 59.8 Å². The molecule has 0 radical (unpaired) electrons. The summed E-state index contributed by atoms with van der Waals surface area (Å²) in [5.74, 6) is 1.91. The summed E-state index contributed by atoms with van der Waals surface area (Å²) in [6.45, 7) is 7.47. The Morgan fingerprint density at radius 2 is 1.96 bits per heavy atom. The van der Waals surface area contributed by atoms with Gasteiger partial charge >= 0.3 is 5.97 Å². The lowest BCUT2D eigenvalue weighted by Crippen LogP contribution is -2.59. The van der Waals surface area contributed by atoms with Crippen molar-refractivity contribution in [3.63, 3.8) is 0 Å². The molecule has 0 N–H and O–H groups in total. The first-order valence-corrected chi connectivity index (χ1v) is 10.3. The Labute approximate surface area is 161 Å². The van der Waals surface area contributed by atoms with E-state index in [-0.39, 0.29) is 23.0 Å². The van der Waals surface area contributed by atoms with Crippen LogP contribution in [0.4, 0.5) is 0 Å². The van der Waals surface area contributed by atoms with Crippen LogP contribution in [0.5, 0.6) is 0 Å². The average Bonchev–Trinajstić information content (AvgIpc) is 2.87. The summed E-state index contributed by atoms with van der Waals surface area (Å²) in [5, 5.41) is 0. The molecule has 0 saturated heterocycles. The summed E-state index contributed by atoms with van der Waals surface area (Å²) < 4.78 is 5.82. The maximum atomic E-state index is 12.8. The average molecular weight is 370 g/mol. The molecule has 0 aliphatic heterocycles. The highest BCUT2D eigenvalue weighted by atomic mass is 16.6. The third kappa shape index (κ3) is 2.51. The number of carbonyl (C=O) groups excluding carboxylic acids is 3. The molecule has 4 aliphatic rings. The molecule has 7 atom stereocenters. The number of fused-ring (bicyclic) bond motifs is 5. The van der Waals surface area contributed by atoms with Crippen LogP contribution in [-0.4, -0.2) is 23.1 Å². The second-order valence-electron chi connectivity index (χ2n) is 9.51. The minimum Gasteiger partial charge on any atom is -0.451 e. The minimum atomic E-state index is -0.975. The van der Waals surface area contributed by atoms with E-state index in [4.69, 9.17) is 4.74 Å². The van der Waals surface area contributed by atoms with Gasteiger partial charge in [0.05, 0.1) is 0 Å². The molecule has 146 valence electrons. The maximum Gasteiger partial charge on any atom is 0.303 e. The summed E-state index contributed by atoms with van der Waals surface area (Å²) in [5.41, 5.74) is 0.00701. The SMILES string of the molecule is CC(=O)O[C@]1(C(C)=O)CC[C@H]2C3CCC4=CC(=O)C=CC4[C@H]3[C@@H](C)CC21C. The highest BCUT2D eigenvalue weighted by molar-refractivity contribution is 6.00. The lowest BCUT2D eigenvalue weighted by Gasteiger charge is -2.57. The third-order valence-electron chi connectivity index (χ3n) is 8.25. The van der Waals surface area contributed by atoms with Crippen LogP contribution in [-0.2, 0) is 19.1 Å². The lowest BCUT2D eigenvalue weighted by molar-refractivity contribution is -0.188. The van der Waals surface area contributed by atoms with Crippen molar-refractivity contribution >= 4 is 17.5 Å². The normalized spacial score (nSPS) is 45.4. The van der Waals surface area contributed by atoms with Gasteiger partial charge in [0.25, 0.3) is 0 Å². The zero-order chi connectivity index (χ0) is 19.6. The van der Waals surface area contributed by atoms with Crippen LogP contribution in [0.3, 0.4) is 0 Å². The van der Waals surface area contributed by atoms with Crippen molar-refractivity contribution in [2.75, 3.05) is 0 Å². The molecule has 4 heteroatoms. The first kappa shape index (κ1) is 18.6. The zero-order valence-corrected chi connectivity index (χ0v) is 16.8. The van der Waals surface area contributed by atoms with Gasteiger partial charge in [-0.1, -0.05) is 25.5 Å². The number of carbonyl (C=O) groups is 3. The number of ketones is 2. The van der Waals surface area contributed by atoms with Gasteiger partial charge in [0.1, 0.15) is 0 Å². The minimum absolute atomic E-state index is 0.00657. The van der Waals surface area contributed by atoms with Crippen molar-refractivity contribution in [2.45, 2.75) is 65.4 Å². The molecule has 0 aromatic carbocycles. The second-order valence-corrected chi connectivity index (χ2v) is 9.51. The van der Waals surface area contributed by atoms with Crippen molar-refractivity contribution in [3.8, 4) is 0 Å². The van der Waals surface area contributed by atoms with E-state index in [2.05, 4.69) is 19.9 Å². The Balaban J connectivity index is 1.72. The number of rotatable bonds is 2. The van der Waals surface area contributed by atoms with Crippen molar-refractivity contribution in [1.82, 2.24) is 0 Å². The van der Waals surface area contributed by atoms with E-state index in [1.807, 2.05) is 6.08 Å². The summed E-state index contributed by atoms with van der Waals surface area (Å²) >= 11 is 0. The Morgan fingerprint density at radius 1 is 1.22 bits per heavy atom. The van der Waals surface area contributed by atoms with Crippen molar-refractivity contribution in [2.24, 2.45) is 35.0 Å². The van der Waals surface area contributed by atoms with Crippen LogP contribution in [0.2, 0.25) is 0 Å². The number of Topliss-reactive ketones (excluding diaryl/α,β-unsaturated/α-hetero) is 1. The Kier molecular flexibility index (Phi) is 4.25. The van der Waals surface area contributed by atoms with Gasteiger partial charge in [-0.3, -0.25) is 14.4 Å². The largest absolute Gasteiger partial charge is 0.451 e. The maximum absolute atomic E-state index is 12.8. The standard InChI is InChI=1S/C23H30O4/c1-13-12-22(4)20(9-10-23(22,14(2)24)27-15(3)25)19-7-5-16-11-17(26)6-8-18(16)21(13)19/h6,8,11,13,18-21H,5,7,9-10,12H2,1-4H3/t13-,18?,19?,20-,21+,22?,23-/m0/s1. The molecule has 3 saturated carbocycles. The van der Waals surface area contributed by atoms with E-state index >= 15 is 0 Å². The van der Waals surface area contributed by atoms with Crippen molar-refractivity contribution in [1.29, 1.82) is 0 Å². The molecule has 0 amide bonds. The van der Waals surface area contributed by atoms with Crippen LogP contribution in [0.15, 0.2) is 23.8 Å². The molecule has 3 unspecified atom stereocenters. The van der Waals surface area contributed by atoms with Crippen LogP contribution in [0, 0.1) is 35.0 Å². The van der Waals surface area contributed by atoms with E-state index in [1.54, 1.807) is 13.0 Å². The lowest BCUT2D eigenvalue weighted by atomic mass is 9.48. The quantitative estimate of drug-likeness (QED) is 0.688. The van der Waals surface area contributed by atoms with Gasteiger partial charge in [0.2, 0.25) is 0 Å². The van der Waals surface area contributed by atoms with Crippen LogP contribution >= 0.6 is 0 Å². The highest BCUT2D eigenvalue weighted by Gasteiger charge is 2.67. The van der Waals surface area contributed by atoms with Gasteiger partial charge in [-0.15, -0.1) is 0 Å². The highest BCUT2D eigenvalue weighted by Crippen LogP contribution is 2.67. The first-order valence-electron chi connectivity index (χ1n) is 10.3. The predicted octanol–water partition coefficient (Wildman–Crippen LogP) is 4.04. The molecular formula is C23H30O4. The van der Waals surface area contributed by atoms with E-state index < -0.39 is 5.60 Å². The zero-order valence-electron chi connectivity index (χ0n) is 16.8. The van der Waals surface area contributed by atoms with Crippen molar-refractivity contribution in [3.05, 3.63) is 23.8 Å². The molecule has 0 spiro atoms. The van der Waals surface area contributed by atoms with E-state index in [9.17, 15) is 14.4 Å². The monoisotopic (exact) mass is 370 g/mol. The smallest absolute Gasteiger partial charge is 0.303 e. The summed E-state index contributed by atoms with van der Waals surface area (Å²) in [6.07, 6.45) is 10.2. The van der Waals surface area contributed by atoms with Gasteiger partial charge < -0.3 is 4.74 Å². The molecule has 4 rings (SSSR count). The number of allylic oxidation sites excluding steroid dienone is 4. The molecule has 4 aliphatic carbocycles. The molecule has 0 heterocycles. The Morgan fingerprint density at radius 3 is 2.63 bits per heavy atom. The number of hydrogen-bond acceptors (Lipinski definition) is 4. The Hall–Kier alpha value is -1.71. The van der Waals surface area contributed by atoms with E-state index in [0.717, 1.165) is 25.7 Å².